The van der Waals surface area contributed by atoms with Crippen molar-refractivity contribution >= 4 is 21.4 Å². The van der Waals surface area contributed by atoms with Crippen molar-refractivity contribution in [1.82, 2.24) is 5.32 Å². The molecule has 0 bridgehead atoms. The van der Waals surface area contributed by atoms with Crippen molar-refractivity contribution in [2.24, 2.45) is 0 Å². The molecule has 1 aromatic carbocycles. The fourth-order valence-corrected chi connectivity index (χ4v) is 3.67. The minimum absolute atomic E-state index is 0.170. The Hall–Kier alpha value is -0.780. The summed E-state index contributed by atoms with van der Waals surface area (Å²) in [4.78, 5) is 0.170. The van der Waals surface area contributed by atoms with E-state index in [9.17, 15) is 8.42 Å². The Kier molecular flexibility index (Phi) is 4.38. The highest BCUT2D eigenvalue weighted by atomic mass is 35.5. The first-order chi connectivity index (χ1) is 8.93. The lowest BCUT2D eigenvalue weighted by Gasteiger charge is -2.24. The first kappa shape index (κ1) is 14.6. The second kappa shape index (κ2) is 5.69. The number of sulfone groups is 1. The third-order valence-corrected chi connectivity index (χ3v) is 4.79. The predicted octanol–water partition coefficient (Wildman–Crippen LogP) is 2.22. The molecule has 6 heteroatoms. The molecule has 1 aromatic rings. The van der Waals surface area contributed by atoms with Crippen LogP contribution >= 0.6 is 11.6 Å². The molecule has 106 valence electrons. The number of ether oxygens (including phenoxy) is 1. The van der Waals surface area contributed by atoms with Gasteiger partial charge in [0.15, 0.2) is 15.6 Å². The first-order valence-corrected chi connectivity index (χ1v) is 8.48. The maximum absolute atomic E-state index is 11.8. The lowest BCUT2D eigenvalue weighted by molar-refractivity contribution is 0.401. The Morgan fingerprint density at radius 2 is 2.16 bits per heavy atom. The van der Waals surface area contributed by atoms with Crippen LogP contribution in [0.4, 0.5) is 0 Å². The van der Waals surface area contributed by atoms with Crippen molar-refractivity contribution < 1.29 is 13.2 Å². The van der Waals surface area contributed by atoms with Crippen LogP contribution in [0.2, 0.25) is 5.02 Å². The summed E-state index contributed by atoms with van der Waals surface area (Å²) in [5, 5.41) is 3.67. The zero-order chi connectivity index (χ0) is 14.0. The standard InChI is InChI=1S/C13H18ClNO3S/c1-18-13-11(14)6-10(7-12(13)19(2,16)17)9-4-3-5-15-8-9/h6-7,9,15H,3-5,8H2,1-2H3. The molecule has 0 aromatic heterocycles. The summed E-state index contributed by atoms with van der Waals surface area (Å²) in [6.07, 6.45) is 3.30. The second-order valence-corrected chi connectivity index (χ2v) is 7.24. The van der Waals surface area contributed by atoms with Gasteiger partial charge in [0.25, 0.3) is 0 Å². The summed E-state index contributed by atoms with van der Waals surface area (Å²) in [5.74, 6) is 0.536. The van der Waals surface area contributed by atoms with Crippen molar-refractivity contribution in [3.63, 3.8) is 0 Å². The van der Waals surface area contributed by atoms with Crippen molar-refractivity contribution in [3.8, 4) is 5.75 Å². The van der Waals surface area contributed by atoms with Gasteiger partial charge < -0.3 is 10.1 Å². The van der Waals surface area contributed by atoms with Crippen LogP contribution in [0, 0.1) is 0 Å². The zero-order valence-electron chi connectivity index (χ0n) is 11.1. The largest absolute Gasteiger partial charge is 0.494 e. The number of hydrogen-bond donors (Lipinski definition) is 1. The average Bonchev–Trinajstić information content (AvgIpc) is 2.37. The van der Waals surface area contributed by atoms with E-state index >= 15 is 0 Å². The quantitative estimate of drug-likeness (QED) is 0.930. The molecule has 0 radical (unpaired) electrons. The van der Waals surface area contributed by atoms with Crippen LogP contribution in [0.3, 0.4) is 0 Å². The monoisotopic (exact) mass is 303 g/mol. The van der Waals surface area contributed by atoms with E-state index < -0.39 is 9.84 Å². The van der Waals surface area contributed by atoms with Gasteiger partial charge in [-0.3, -0.25) is 0 Å². The van der Waals surface area contributed by atoms with E-state index in [-0.39, 0.29) is 10.6 Å². The van der Waals surface area contributed by atoms with Gasteiger partial charge >= 0.3 is 0 Å². The summed E-state index contributed by atoms with van der Waals surface area (Å²) in [6.45, 7) is 1.87. The van der Waals surface area contributed by atoms with Gasteiger partial charge in [-0.2, -0.15) is 0 Å². The van der Waals surface area contributed by atoms with E-state index in [4.69, 9.17) is 16.3 Å². The molecular weight excluding hydrogens is 286 g/mol. The minimum atomic E-state index is -3.36. The summed E-state index contributed by atoms with van der Waals surface area (Å²) in [6, 6.07) is 3.50. The van der Waals surface area contributed by atoms with E-state index in [0.29, 0.717) is 10.9 Å². The molecule has 1 atom stereocenters. The number of methoxy groups -OCH3 is 1. The number of hydrogen-bond acceptors (Lipinski definition) is 4. The predicted molar refractivity (Wildman–Crippen MR) is 76.0 cm³/mol. The Balaban J connectivity index is 2.50. The van der Waals surface area contributed by atoms with Crippen LogP contribution in [-0.4, -0.2) is 34.9 Å². The van der Waals surface area contributed by atoms with Gasteiger partial charge in [-0.05, 0) is 43.0 Å². The molecule has 0 spiro atoms. The number of rotatable bonds is 3. The average molecular weight is 304 g/mol. The normalized spacial score (nSPS) is 20.3. The number of benzene rings is 1. The lowest BCUT2D eigenvalue weighted by Crippen LogP contribution is -2.28. The number of halogens is 1. The Morgan fingerprint density at radius 1 is 1.42 bits per heavy atom. The molecule has 19 heavy (non-hydrogen) atoms. The van der Waals surface area contributed by atoms with Gasteiger partial charge in [0.05, 0.1) is 12.1 Å². The Labute approximate surface area is 119 Å². The number of piperidine rings is 1. The SMILES string of the molecule is COc1c(Cl)cc(C2CCCNC2)cc1S(C)(=O)=O. The highest BCUT2D eigenvalue weighted by Gasteiger charge is 2.22. The van der Waals surface area contributed by atoms with Crippen LogP contribution in [0.25, 0.3) is 0 Å². The van der Waals surface area contributed by atoms with Crippen molar-refractivity contribution in [1.29, 1.82) is 0 Å². The summed E-state index contributed by atoms with van der Waals surface area (Å²) >= 11 is 6.15. The van der Waals surface area contributed by atoms with Crippen LogP contribution < -0.4 is 10.1 Å². The fraction of sp³-hybridized carbons (Fsp3) is 0.538. The highest BCUT2D eigenvalue weighted by molar-refractivity contribution is 7.90. The van der Waals surface area contributed by atoms with Crippen LogP contribution in [0.5, 0.6) is 5.75 Å². The van der Waals surface area contributed by atoms with Crippen LogP contribution in [0.15, 0.2) is 17.0 Å². The topological polar surface area (TPSA) is 55.4 Å². The van der Waals surface area contributed by atoms with Gasteiger partial charge in [0, 0.05) is 12.8 Å². The Morgan fingerprint density at radius 3 is 2.68 bits per heavy atom. The van der Waals surface area contributed by atoms with Gasteiger partial charge in [-0.15, -0.1) is 0 Å². The minimum Gasteiger partial charge on any atom is -0.494 e. The summed E-state index contributed by atoms with van der Waals surface area (Å²) in [7, 11) is -1.93. The van der Waals surface area contributed by atoms with E-state index in [0.717, 1.165) is 31.5 Å². The van der Waals surface area contributed by atoms with E-state index in [2.05, 4.69) is 5.32 Å². The van der Waals surface area contributed by atoms with E-state index in [1.807, 2.05) is 6.07 Å². The molecule has 1 aliphatic rings. The molecule has 0 amide bonds. The molecule has 1 fully saturated rings. The summed E-state index contributed by atoms with van der Waals surface area (Å²) in [5.41, 5.74) is 0.957. The molecule has 1 N–H and O–H groups in total. The van der Waals surface area contributed by atoms with Gasteiger partial charge in [0.2, 0.25) is 0 Å². The first-order valence-electron chi connectivity index (χ1n) is 6.21. The maximum Gasteiger partial charge on any atom is 0.179 e. The molecule has 2 rings (SSSR count). The molecule has 4 nitrogen and oxygen atoms in total. The van der Waals surface area contributed by atoms with Gasteiger partial charge in [0.1, 0.15) is 4.90 Å². The molecule has 1 saturated heterocycles. The molecular formula is C13H18ClNO3S. The molecule has 1 aliphatic heterocycles. The third-order valence-electron chi connectivity index (χ3n) is 3.40. The van der Waals surface area contributed by atoms with Crippen LogP contribution in [0.1, 0.15) is 24.3 Å². The van der Waals surface area contributed by atoms with Crippen LogP contribution in [-0.2, 0) is 9.84 Å². The summed E-state index contributed by atoms with van der Waals surface area (Å²) < 4.78 is 28.8. The van der Waals surface area contributed by atoms with Crippen molar-refractivity contribution in [2.45, 2.75) is 23.7 Å². The molecule has 1 unspecified atom stereocenters. The molecule has 0 aliphatic carbocycles. The lowest BCUT2D eigenvalue weighted by atomic mass is 9.92. The van der Waals surface area contributed by atoms with Gasteiger partial charge in [-0.1, -0.05) is 11.6 Å². The van der Waals surface area contributed by atoms with Gasteiger partial charge in [-0.25, -0.2) is 8.42 Å². The second-order valence-electron chi connectivity index (χ2n) is 4.85. The van der Waals surface area contributed by atoms with E-state index in [1.165, 1.54) is 13.4 Å². The Bertz CT molecular complexity index is 565. The maximum atomic E-state index is 11.8. The molecule has 0 saturated carbocycles. The highest BCUT2D eigenvalue weighted by Crippen LogP contribution is 2.36. The fourth-order valence-electron chi connectivity index (χ4n) is 2.43. The van der Waals surface area contributed by atoms with E-state index in [1.54, 1.807) is 6.07 Å². The van der Waals surface area contributed by atoms with Crippen molar-refractivity contribution in [2.75, 3.05) is 26.5 Å². The number of nitrogens with one attached hydrogen (secondary N) is 1. The molecule has 1 heterocycles. The smallest absolute Gasteiger partial charge is 0.179 e. The zero-order valence-corrected chi connectivity index (χ0v) is 12.6. The van der Waals surface area contributed by atoms with Crippen molar-refractivity contribution in [3.05, 3.63) is 22.7 Å². The third kappa shape index (κ3) is 3.22.